The van der Waals surface area contributed by atoms with E-state index >= 15 is 0 Å². The molecule has 0 aromatic heterocycles. The molecule has 1 aliphatic heterocycles. The second-order valence-corrected chi connectivity index (χ2v) is 10.7. The average molecular weight is 664 g/mol. The lowest BCUT2D eigenvalue weighted by Crippen LogP contribution is -2.43. The Hall–Kier alpha value is -5.56. The maximum absolute atomic E-state index is 13.8. The molecule has 0 radical (unpaired) electrons. The SMILES string of the molecule is COc1ccc(N(CCN2CCC(C(=O)c3ccc(F)cc3)CC2)C(=O)c2ccc(NC(C)=O)cc2)c(OC)c1.O=C(O)/C=C/C(=O)O. The number of nitrogens with zero attached hydrogens (tertiary/aromatic N) is 2. The first kappa shape index (κ1) is 36.9. The Balaban J connectivity index is 0.000000694. The highest BCUT2D eigenvalue weighted by Gasteiger charge is 2.28. The number of carboxylic acid groups (broad SMARTS) is 2. The lowest BCUT2D eigenvalue weighted by Gasteiger charge is -2.33. The number of Topliss-reactive ketones (excluding diaryl/α,β-unsaturated/α-hetero) is 1. The molecule has 0 bridgehead atoms. The average Bonchev–Trinajstić information content (AvgIpc) is 3.08. The predicted molar refractivity (Wildman–Crippen MR) is 176 cm³/mol. The van der Waals surface area contributed by atoms with E-state index in [1.165, 1.54) is 19.1 Å². The van der Waals surface area contributed by atoms with Crippen LogP contribution in [0.2, 0.25) is 0 Å². The Morgan fingerprint density at radius 1 is 0.875 bits per heavy atom. The molecule has 0 aliphatic carbocycles. The molecule has 3 aromatic carbocycles. The second kappa shape index (κ2) is 18.0. The highest BCUT2D eigenvalue weighted by Crippen LogP contribution is 2.33. The molecule has 2 amide bonds. The predicted octanol–water partition coefficient (Wildman–Crippen LogP) is 4.75. The number of carbonyl (C=O) groups excluding carboxylic acids is 3. The number of nitrogens with one attached hydrogen (secondary N) is 1. The number of piperidine rings is 1. The van der Waals surface area contributed by atoms with Gasteiger partial charge >= 0.3 is 11.9 Å². The molecule has 48 heavy (non-hydrogen) atoms. The first-order valence-electron chi connectivity index (χ1n) is 15.0. The molecule has 12 nitrogen and oxygen atoms in total. The fourth-order valence-corrected chi connectivity index (χ4v) is 5.05. The number of halogens is 1. The number of rotatable bonds is 12. The van der Waals surface area contributed by atoms with Crippen LogP contribution in [0.3, 0.4) is 0 Å². The minimum Gasteiger partial charge on any atom is -0.497 e. The van der Waals surface area contributed by atoms with E-state index in [4.69, 9.17) is 19.7 Å². The molecule has 1 aliphatic rings. The van der Waals surface area contributed by atoms with Gasteiger partial charge < -0.3 is 34.8 Å². The van der Waals surface area contributed by atoms with Gasteiger partial charge in [-0.3, -0.25) is 14.4 Å². The largest absolute Gasteiger partial charge is 0.497 e. The van der Waals surface area contributed by atoms with Gasteiger partial charge in [0.1, 0.15) is 17.3 Å². The van der Waals surface area contributed by atoms with Gasteiger partial charge in [-0.2, -0.15) is 0 Å². The molecule has 1 fully saturated rings. The molecule has 0 atom stereocenters. The number of aliphatic carboxylic acids is 2. The van der Waals surface area contributed by atoms with Gasteiger partial charge in [0.2, 0.25) is 5.91 Å². The van der Waals surface area contributed by atoms with Crippen LogP contribution in [0, 0.1) is 11.7 Å². The Kier molecular flexibility index (Phi) is 13.8. The standard InChI is InChI=1S/C31H34FN3O5.C4H4O4/c1-21(36)33-26-10-6-24(7-11-26)31(38)35(28-13-12-27(39-2)20-29(28)40-3)19-18-34-16-14-23(15-17-34)30(37)22-4-8-25(32)9-5-22;5-3(6)1-2-4(7)8/h4-13,20,23H,14-19H2,1-3H3,(H,33,36);1-2H,(H,5,6)(H,7,8)/b;2-1+. The fourth-order valence-electron chi connectivity index (χ4n) is 5.05. The molecule has 1 heterocycles. The number of hydrogen-bond acceptors (Lipinski definition) is 8. The molecule has 3 aromatic rings. The van der Waals surface area contributed by atoms with Gasteiger partial charge in [0.25, 0.3) is 5.91 Å². The minimum absolute atomic E-state index is 0.0436. The zero-order chi connectivity index (χ0) is 35.2. The number of benzene rings is 3. The number of likely N-dealkylation sites (tertiary alicyclic amines) is 1. The maximum atomic E-state index is 13.8. The summed E-state index contributed by atoms with van der Waals surface area (Å²) in [6, 6.07) is 17.8. The summed E-state index contributed by atoms with van der Waals surface area (Å²) in [7, 11) is 3.12. The smallest absolute Gasteiger partial charge is 0.328 e. The van der Waals surface area contributed by atoms with Crippen LogP contribution in [0.5, 0.6) is 11.5 Å². The molecule has 0 spiro atoms. The number of methoxy groups -OCH3 is 2. The number of amides is 2. The fraction of sp³-hybridized carbons (Fsp3) is 0.286. The zero-order valence-corrected chi connectivity index (χ0v) is 26.9. The normalized spacial score (nSPS) is 13.2. The quantitative estimate of drug-likeness (QED) is 0.182. The summed E-state index contributed by atoms with van der Waals surface area (Å²) in [5, 5.41) is 18.3. The summed E-state index contributed by atoms with van der Waals surface area (Å²) in [5.41, 5.74) is 2.22. The van der Waals surface area contributed by atoms with Crippen LogP contribution in [0.25, 0.3) is 0 Å². The van der Waals surface area contributed by atoms with Gasteiger partial charge in [-0.1, -0.05) is 0 Å². The van der Waals surface area contributed by atoms with Crippen molar-refractivity contribution in [3.8, 4) is 11.5 Å². The van der Waals surface area contributed by atoms with Crippen LogP contribution in [0.15, 0.2) is 78.9 Å². The second-order valence-electron chi connectivity index (χ2n) is 10.7. The summed E-state index contributed by atoms with van der Waals surface area (Å²) < 4.78 is 24.2. The molecular formula is C35H38FN3O9. The minimum atomic E-state index is -1.26. The van der Waals surface area contributed by atoms with Crippen molar-refractivity contribution < 1.29 is 48.0 Å². The highest BCUT2D eigenvalue weighted by molar-refractivity contribution is 6.07. The van der Waals surface area contributed by atoms with E-state index in [1.54, 1.807) is 73.7 Å². The third-order valence-corrected chi connectivity index (χ3v) is 7.47. The number of carbonyl (C=O) groups is 5. The summed E-state index contributed by atoms with van der Waals surface area (Å²) in [4.78, 5) is 61.0. The van der Waals surface area contributed by atoms with Crippen molar-refractivity contribution in [2.75, 3.05) is 50.6 Å². The van der Waals surface area contributed by atoms with Crippen molar-refractivity contribution in [3.63, 3.8) is 0 Å². The third kappa shape index (κ3) is 11.1. The van der Waals surface area contributed by atoms with Crippen molar-refractivity contribution in [2.24, 2.45) is 5.92 Å². The third-order valence-electron chi connectivity index (χ3n) is 7.47. The topological polar surface area (TPSA) is 163 Å². The van der Waals surface area contributed by atoms with E-state index in [0.717, 1.165) is 0 Å². The Morgan fingerprint density at radius 3 is 1.98 bits per heavy atom. The van der Waals surface area contributed by atoms with Crippen molar-refractivity contribution in [1.29, 1.82) is 0 Å². The number of anilines is 2. The van der Waals surface area contributed by atoms with Crippen molar-refractivity contribution in [1.82, 2.24) is 4.90 Å². The van der Waals surface area contributed by atoms with Gasteiger partial charge in [0.15, 0.2) is 5.78 Å². The molecule has 0 saturated carbocycles. The van der Waals surface area contributed by atoms with E-state index in [0.29, 0.717) is 85.2 Å². The summed E-state index contributed by atoms with van der Waals surface area (Å²) >= 11 is 0. The number of hydrogen-bond donors (Lipinski definition) is 3. The molecule has 13 heteroatoms. The van der Waals surface area contributed by atoms with Crippen molar-refractivity contribution in [3.05, 3.63) is 95.8 Å². The van der Waals surface area contributed by atoms with E-state index in [9.17, 15) is 28.4 Å². The van der Waals surface area contributed by atoms with Crippen LogP contribution < -0.4 is 19.7 Å². The Bertz CT molecular complexity index is 1600. The lowest BCUT2D eigenvalue weighted by atomic mass is 9.89. The van der Waals surface area contributed by atoms with Gasteiger partial charge in [0, 0.05) is 61.0 Å². The highest BCUT2D eigenvalue weighted by atomic mass is 19.1. The Labute approximate surface area is 277 Å². The van der Waals surface area contributed by atoms with Gasteiger partial charge in [0.05, 0.1) is 19.9 Å². The summed E-state index contributed by atoms with van der Waals surface area (Å²) in [6.07, 6.45) is 2.51. The first-order valence-corrected chi connectivity index (χ1v) is 15.0. The zero-order valence-electron chi connectivity index (χ0n) is 26.9. The molecule has 3 N–H and O–H groups in total. The monoisotopic (exact) mass is 663 g/mol. The first-order chi connectivity index (χ1) is 22.9. The van der Waals surface area contributed by atoms with Crippen molar-refractivity contribution in [2.45, 2.75) is 19.8 Å². The van der Waals surface area contributed by atoms with Crippen LogP contribution in [0.1, 0.15) is 40.5 Å². The molecular weight excluding hydrogens is 625 g/mol. The van der Waals surface area contributed by atoms with Gasteiger partial charge in [-0.25, -0.2) is 14.0 Å². The number of ketones is 1. The van der Waals surface area contributed by atoms with Crippen LogP contribution in [-0.4, -0.2) is 85.0 Å². The maximum Gasteiger partial charge on any atom is 0.328 e. The van der Waals surface area contributed by atoms with E-state index in [-0.39, 0.29) is 29.3 Å². The summed E-state index contributed by atoms with van der Waals surface area (Å²) in [5.74, 6) is -2.22. The molecule has 0 unspecified atom stereocenters. The van der Waals surface area contributed by atoms with Gasteiger partial charge in [-0.05, 0) is 86.6 Å². The summed E-state index contributed by atoms with van der Waals surface area (Å²) in [6.45, 7) is 3.85. The van der Waals surface area contributed by atoms with Crippen molar-refractivity contribution >= 4 is 40.9 Å². The molecule has 254 valence electrons. The van der Waals surface area contributed by atoms with E-state index in [2.05, 4.69) is 10.2 Å². The lowest BCUT2D eigenvalue weighted by molar-refractivity contribution is -0.134. The van der Waals surface area contributed by atoms with Crippen LogP contribution in [-0.2, 0) is 14.4 Å². The van der Waals surface area contributed by atoms with Crippen LogP contribution >= 0.6 is 0 Å². The van der Waals surface area contributed by atoms with Crippen LogP contribution in [0.4, 0.5) is 15.8 Å². The number of ether oxygens (including phenoxy) is 2. The van der Waals surface area contributed by atoms with E-state index in [1.807, 2.05) is 0 Å². The van der Waals surface area contributed by atoms with E-state index < -0.39 is 11.9 Å². The Morgan fingerprint density at radius 2 is 1.46 bits per heavy atom. The van der Waals surface area contributed by atoms with Gasteiger partial charge in [-0.15, -0.1) is 0 Å². The molecule has 1 saturated heterocycles. The number of carboxylic acids is 2. The molecule has 4 rings (SSSR count).